The molecule has 1 heterocycles. The van der Waals surface area contributed by atoms with Gasteiger partial charge in [0.05, 0.1) is 0 Å². The summed E-state index contributed by atoms with van der Waals surface area (Å²) in [6, 6.07) is 0. The second kappa shape index (κ2) is 2.08. The zero-order valence-electron chi connectivity index (χ0n) is 6.22. The fourth-order valence-electron chi connectivity index (χ4n) is 1.68. The molecule has 0 amide bonds. The molecule has 2 rings (SSSR count). The van der Waals surface area contributed by atoms with Crippen LogP contribution < -0.4 is 0 Å². The third-order valence-electron chi connectivity index (χ3n) is 2.24. The predicted molar refractivity (Wildman–Crippen MR) is 41.0 cm³/mol. The number of hydrogen-bond donors (Lipinski definition) is 0. The van der Waals surface area contributed by atoms with Gasteiger partial charge in [0.25, 0.3) is 0 Å². The zero-order chi connectivity index (χ0) is 6.97. The molecule has 0 atom stereocenters. The smallest absolute Gasteiger partial charge is 0.0302 e. The first-order valence-corrected chi connectivity index (χ1v) is 3.80. The molecule has 1 heteroatoms. The van der Waals surface area contributed by atoms with Gasteiger partial charge in [0.15, 0.2) is 0 Å². The van der Waals surface area contributed by atoms with E-state index in [0.717, 1.165) is 0 Å². The Labute approximate surface area is 61.1 Å². The van der Waals surface area contributed by atoms with E-state index in [4.69, 9.17) is 0 Å². The Morgan fingerprint density at radius 1 is 1.30 bits per heavy atom. The zero-order valence-corrected chi connectivity index (χ0v) is 6.22. The number of aromatic nitrogens is 1. The van der Waals surface area contributed by atoms with Gasteiger partial charge in [0.1, 0.15) is 0 Å². The first-order chi connectivity index (χ1) is 4.88. The number of rotatable bonds is 0. The molecular formula is C9H11N. The molecule has 0 unspecified atom stereocenters. The van der Waals surface area contributed by atoms with Crippen LogP contribution in [0.4, 0.5) is 0 Å². The summed E-state index contributed by atoms with van der Waals surface area (Å²) in [6.45, 7) is 2.15. The minimum atomic E-state index is 1.24. The van der Waals surface area contributed by atoms with Crippen LogP contribution in [0.1, 0.15) is 23.1 Å². The highest BCUT2D eigenvalue weighted by Gasteiger charge is 2.11. The van der Waals surface area contributed by atoms with Crippen molar-refractivity contribution in [2.75, 3.05) is 0 Å². The van der Waals surface area contributed by atoms with E-state index in [2.05, 4.69) is 11.9 Å². The summed E-state index contributed by atoms with van der Waals surface area (Å²) in [7, 11) is 0. The molecule has 10 heavy (non-hydrogen) atoms. The van der Waals surface area contributed by atoms with Crippen LogP contribution >= 0.6 is 0 Å². The van der Waals surface area contributed by atoms with Crippen LogP contribution in [0.15, 0.2) is 12.4 Å². The Hall–Kier alpha value is -0.850. The molecule has 0 aromatic carbocycles. The molecule has 0 aliphatic heterocycles. The molecule has 1 aliphatic rings. The van der Waals surface area contributed by atoms with E-state index < -0.39 is 0 Å². The summed E-state index contributed by atoms with van der Waals surface area (Å²) in [6.07, 6.45) is 7.80. The maximum atomic E-state index is 4.16. The van der Waals surface area contributed by atoms with Gasteiger partial charge in [-0.3, -0.25) is 4.98 Å². The molecule has 1 aromatic heterocycles. The normalized spacial score (nSPS) is 15.3. The maximum absolute atomic E-state index is 4.16. The lowest BCUT2D eigenvalue weighted by atomic mass is 10.1. The predicted octanol–water partition coefficient (Wildman–Crippen LogP) is 1.88. The molecule has 0 radical (unpaired) electrons. The second-order valence-corrected chi connectivity index (χ2v) is 2.95. The van der Waals surface area contributed by atoms with Crippen molar-refractivity contribution in [3.05, 3.63) is 29.1 Å². The van der Waals surface area contributed by atoms with E-state index in [1.54, 1.807) is 5.56 Å². The average molecular weight is 133 g/mol. The van der Waals surface area contributed by atoms with Gasteiger partial charge < -0.3 is 0 Å². The van der Waals surface area contributed by atoms with E-state index in [-0.39, 0.29) is 0 Å². The van der Waals surface area contributed by atoms with Crippen molar-refractivity contribution >= 4 is 0 Å². The molecule has 1 aliphatic carbocycles. The molecule has 1 nitrogen and oxygen atoms in total. The third kappa shape index (κ3) is 0.737. The van der Waals surface area contributed by atoms with E-state index >= 15 is 0 Å². The summed E-state index contributed by atoms with van der Waals surface area (Å²) in [5.74, 6) is 0. The Balaban J connectivity index is 2.59. The standard InChI is InChI=1S/C9H11N/c1-7-5-10-6-8-3-2-4-9(7)8/h5-6H,2-4H2,1H3. The summed E-state index contributed by atoms with van der Waals surface area (Å²) in [5.41, 5.74) is 4.39. The van der Waals surface area contributed by atoms with E-state index in [0.29, 0.717) is 0 Å². The molecule has 1 aromatic rings. The van der Waals surface area contributed by atoms with Crippen molar-refractivity contribution in [2.45, 2.75) is 26.2 Å². The largest absolute Gasteiger partial charge is 0.264 e. The minimum absolute atomic E-state index is 1.24. The molecule has 0 N–H and O–H groups in total. The number of nitrogens with zero attached hydrogens (tertiary/aromatic N) is 1. The Morgan fingerprint density at radius 3 is 3.00 bits per heavy atom. The lowest BCUT2D eigenvalue weighted by Gasteiger charge is -1.99. The van der Waals surface area contributed by atoms with Crippen LogP contribution in [-0.4, -0.2) is 4.98 Å². The van der Waals surface area contributed by atoms with Gasteiger partial charge in [0.2, 0.25) is 0 Å². The number of aryl methyl sites for hydroxylation is 2. The number of pyridine rings is 1. The van der Waals surface area contributed by atoms with Gasteiger partial charge >= 0.3 is 0 Å². The minimum Gasteiger partial charge on any atom is -0.264 e. The summed E-state index contributed by atoms with van der Waals surface area (Å²) >= 11 is 0. The molecule has 0 spiro atoms. The Bertz CT molecular complexity index is 253. The molecule has 0 saturated carbocycles. The highest BCUT2D eigenvalue weighted by Crippen LogP contribution is 2.22. The summed E-state index contributed by atoms with van der Waals surface area (Å²) in [4.78, 5) is 4.16. The van der Waals surface area contributed by atoms with E-state index in [9.17, 15) is 0 Å². The van der Waals surface area contributed by atoms with Gasteiger partial charge in [-0.1, -0.05) is 0 Å². The van der Waals surface area contributed by atoms with Gasteiger partial charge in [-0.2, -0.15) is 0 Å². The van der Waals surface area contributed by atoms with Gasteiger partial charge in [-0.15, -0.1) is 0 Å². The number of hydrogen-bond acceptors (Lipinski definition) is 1. The lowest BCUT2D eigenvalue weighted by Crippen LogP contribution is -1.87. The van der Waals surface area contributed by atoms with Crippen LogP contribution in [0.25, 0.3) is 0 Å². The SMILES string of the molecule is Cc1cncc2c1CCC2. The first-order valence-electron chi connectivity index (χ1n) is 3.80. The van der Waals surface area contributed by atoms with Gasteiger partial charge in [-0.05, 0) is 42.9 Å². The average Bonchev–Trinajstić information content (AvgIpc) is 2.36. The van der Waals surface area contributed by atoms with Crippen LogP contribution in [0.5, 0.6) is 0 Å². The van der Waals surface area contributed by atoms with Crippen molar-refractivity contribution in [3.63, 3.8) is 0 Å². The van der Waals surface area contributed by atoms with Crippen molar-refractivity contribution in [2.24, 2.45) is 0 Å². The van der Waals surface area contributed by atoms with Crippen molar-refractivity contribution in [3.8, 4) is 0 Å². The first kappa shape index (κ1) is 5.90. The van der Waals surface area contributed by atoms with E-state index in [1.165, 1.54) is 30.4 Å². The summed E-state index contributed by atoms with van der Waals surface area (Å²) in [5, 5.41) is 0. The van der Waals surface area contributed by atoms with Crippen molar-refractivity contribution < 1.29 is 0 Å². The molecule has 0 fully saturated rings. The Kier molecular flexibility index (Phi) is 1.23. The molecular weight excluding hydrogens is 122 g/mol. The van der Waals surface area contributed by atoms with E-state index in [1.807, 2.05) is 12.4 Å². The molecule has 0 saturated heterocycles. The number of fused-ring (bicyclic) bond motifs is 1. The maximum Gasteiger partial charge on any atom is 0.0302 e. The molecule has 0 bridgehead atoms. The van der Waals surface area contributed by atoms with Gasteiger partial charge in [-0.25, -0.2) is 0 Å². The third-order valence-corrected chi connectivity index (χ3v) is 2.24. The monoisotopic (exact) mass is 133 g/mol. The Morgan fingerprint density at radius 2 is 2.20 bits per heavy atom. The fraction of sp³-hybridized carbons (Fsp3) is 0.444. The second-order valence-electron chi connectivity index (χ2n) is 2.95. The lowest BCUT2D eigenvalue weighted by molar-refractivity contribution is 0.909. The summed E-state index contributed by atoms with van der Waals surface area (Å²) < 4.78 is 0. The van der Waals surface area contributed by atoms with Crippen LogP contribution in [0.3, 0.4) is 0 Å². The molecule has 52 valence electrons. The fourth-order valence-corrected chi connectivity index (χ4v) is 1.68. The van der Waals surface area contributed by atoms with Crippen LogP contribution in [0, 0.1) is 6.92 Å². The topological polar surface area (TPSA) is 12.9 Å². The highest BCUT2D eigenvalue weighted by atomic mass is 14.6. The van der Waals surface area contributed by atoms with Gasteiger partial charge in [0, 0.05) is 12.4 Å². The van der Waals surface area contributed by atoms with Crippen LogP contribution in [-0.2, 0) is 12.8 Å². The van der Waals surface area contributed by atoms with Crippen molar-refractivity contribution in [1.29, 1.82) is 0 Å². The highest BCUT2D eigenvalue weighted by molar-refractivity contribution is 5.34. The quantitative estimate of drug-likeness (QED) is 0.526. The van der Waals surface area contributed by atoms with Crippen LogP contribution in [0.2, 0.25) is 0 Å². The van der Waals surface area contributed by atoms with Crippen molar-refractivity contribution in [1.82, 2.24) is 4.98 Å².